The number of benzene rings is 2. The van der Waals surface area contributed by atoms with Crippen LogP contribution in [0.3, 0.4) is 0 Å². The number of rotatable bonds is 7. The molecule has 0 radical (unpaired) electrons. The maximum atomic E-state index is 12.5. The molecule has 25 heavy (non-hydrogen) atoms. The summed E-state index contributed by atoms with van der Waals surface area (Å²) in [6, 6.07) is 17.0. The van der Waals surface area contributed by atoms with Crippen molar-refractivity contribution in [3.05, 3.63) is 65.7 Å². The van der Waals surface area contributed by atoms with Crippen molar-refractivity contribution in [1.82, 2.24) is 5.32 Å². The summed E-state index contributed by atoms with van der Waals surface area (Å²) in [5.74, 6) is 0.440. The van der Waals surface area contributed by atoms with E-state index in [4.69, 9.17) is 10.5 Å². The van der Waals surface area contributed by atoms with Crippen molar-refractivity contribution in [2.45, 2.75) is 32.9 Å². The van der Waals surface area contributed by atoms with Gasteiger partial charge >= 0.3 is 0 Å². The summed E-state index contributed by atoms with van der Waals surface area (Å²) in [6.45, 7) is 6.39. The predicted molar refractivity (Wildman–Crippen MR) is 104 cm³/mol. The molecular formula is C20H27ClN2O2. The first-order chi connectivity index (χ1) is 11.5. The molecule has 2 aromatic rings. The quantitative estimate of drug-likeness (QED) is 0.781. The topological polar surface area (TPSA) is 64.3 Å². The summed E-state index contributed by atoms with van der Waals surface area (Å²) in [7, 11) is 0. The lowest BCUT2D eigenvalue weighted by Crippen LogP contribution is -2.36. The molecule has 0 aromatic heterocycles. The summed E-state index contributed by atoms with van der Waals surface area (Å²) in [5.41, 5.74) is 8.21. The molecule has 0 aliphatic carbocycles. The van der Waals surface area contributed by atoms with Gasteiger partial charge in [-0.3, -0.25) is 4.79 Å². The minimum absolute atomic E-state index is 0. The minimum atomic E-state index is -0.326. The molecule has 0 saturated heterocycles. The zero-order valence-electron chi connectivity index (χ0n) is 14.9. The summed E-state index contributed by atoms with van der Waals surface area (Å²) < 4.78 is 5.51. The van der Waals surface area contributed by atoms with E-state index in [0.717, 1.165) is 16.9 Å². The maximum Gasteiger partial charge on any atom is 0.225 e. The van der Waals surface area contributed by atoms with Crippen LogP contribution in [0.1, 0.15) is 44.0 Å². The molecule has 2 aromatic carbocycles. The fraction of sp³-hybridized carbons (Fsp3) is 0.350. The van der Waals surface area contributed by atoms with Gasteiger partial charge in [-0.2, -0.15) is 0 Å². The van der Waals surface area contributed by atoms with E-state index >= 15 is 0 Å². The van der Waals surface area contributed by atoms with Crippen LogP contribution in [0.25, 0.3) is 0 Å². The molecule has 3 N–H and O–H groups in total. The first kappa shape index (κ1) is 21.0. The monoisotopic (exact) mass is 362 g/mol. The Morgan fingerprint density at radius 2 is 1.72 bits per heavy atom. The molecule has 0 aliphatic rings. The van der Waals surface area contributed by atoms with Crippen LogP contribution in [0.15, 0.2) is 54.6 Å². The molecule has 2 rings (SSSR count). The van der Waals surface area contributed by atoms with Gasteiger partial charge in [0, 0.05) is 6.04 Å². The van der Waals surface area contributed by atoms with Crippen LogP contribution in [0.4, 0.5) is 0 Å². The first-order valence-corrected chi connectivity index (χ1v) is 8.36. The Balaban J connectivity index is 0.00000312. The molecule has 0 spiro atoms. The van der Waals surface area contributed by atoms with Crippen molar-refractivity contribution >= 4 is 18.3 Å². The normalized spacial score (nSPS) is 13.9. The van der Waals surface area contributed by atoms with Crippen LogP contribution in [-0.4, -0.2) is 12.5 Å². The highest BCUT2D eigenvalue weighted by atomic mass is 35.5. The van der Waals surface area contributed by atoms with Crippen molar-refractivity contribution in [1.29, 1.82) is 0 Å². The van der Waals surface area contributed by atoms with Crippen molar-refractivity contribution in [2.75, 3.05) is 6.61 Å². The van der Waals surface area contributed by atoms with Gasteiger partial charge in [0.25, 0.3) is 0 Å². The molecule has 0 saturated carbocycles. The number of carbonyl (C=O) groups excluding carboxylic acids is 1. The summed E-state index contributed by atoms with van der Waals surface area (Å²) in [6.07, 6.45) is 0. The van der Waals surface area contributed by atoms with Gasteiger partial charge in [0.1, 0.15) is 5.75 Å². The molecule has 0 aliphatic heterocycles. The summed E-state index contributed by atoms with van der Waals surface area (Å²) in [4.78, 5) is 12.5. The van der Waals surface area contributed by atoms with E-state index in [0.29, 0.717) is 6.61 Å². The molecule has 3 unspecified atom stereocenters. The van der Waals surface area contributed by atoms with Gasteiger partial charge in [-0.15, -0.1) is 12.4 Å². The number of nitrogens with one attached hydrogen (secondary N) is 1. The molecule has 5 heteroatoms. The average molecular weight is 363 g/mol. The highest BCUT2D eigenvalue weighted by molar-refractivity contribution is 5.85. The maximum absolute atomic E-state index is 12.5. The van der Waals surface area contributed by atoms with Crippen molar-refractivity contribution in [2.24, 2.45) is 11.7 Å². The van der Waals surface area contributed by atoms with Gasteiger partial charge < -0.3 is 15.8 Å². The number of hydrogen-bond acceptors (Lipinski definition) is 3. The van der Waals surface area contributed by atoms with E-state index in [9.17, 15) is 4.79 Å². The van der Waals surface area contributed by atoms with E-state index in [-0.39, 0.29) is 36.3 Å². The highest BCUT2D eigenvalue weighted by Crippen LogP contribution is 2.22. The van der Waals surface area contributed by atoms with Crippen molar-refractivity contribution in [3.8, 4) is 5.75 Å². The van der Waals surface area contributed by atoms with Crippen LogP contribution in [0.5, 0.6) is 5.75 Å². The van der Waals surface area contributed by atoms with Gasteiger partial charge in [0.15, 0.2) is 0 Å². The van der Waals surface area contributed by atoms with Crippen molar-refractivity contribution in [3.63, 3.8) is 0 Å². The van der Waals surface area contributed by atoms with Gasteiger partial charge in [-0.25, -0.2) is 0 Å². The second-order valence-corrected chi connectivity index (χ2v) is 5.96. The summed E-state index contributed by atoms with van der Waals surface area (Å²) >= 11 is 0. The van der Waals surface area contributed by atoms with Crippen LogP contribution in [-0.2, 0) is 4.79 Å². The van der Waals surface area contributed by atoms with E-state index < -0.39 is 0 Å². The largest absolute Gasteiger partial charge is 0.494 e. The van der Waals surface area contributed by atoms with Crippen LogP contribution >= 0.6 is 12.4 Å². The smallest absolute Gasteiger partial charge is 0.225 e. The zero-order chi connectivity index (χ0) is 17.5. The summed E-state index contributed by atoms with van der Waals surface area (Å²) in [5, 5.41) is 3.04. The van der Waals surface area contributed by atoms with E-state index in [2.05, 4.69) is 5.32 Å². The standard InChI is InChI=1S/C20H26N2O2.ClH/c1-4-24-18-12-8-11-17(13-18)15(3)22-20(23)14(2)19(21)16-9-6-5-7-10-16;/h5-15,19H,4,21H2,1-3H3,(H,22,23);1H. The number of halogens is 1. The number of amides is 1. The van der Waals surface area contributed by atoms with Crippen molar-refractivity contribution < 1.29 is 9.53 Å². The molecule has 1 amide bonds. The number of carbonyl (C=O) groups is 1. The molecule has 0 heterocycles. The lowest BCUT2D eigenvalue weighted by molar-refractivity contribution is -0.125. The molecule has 136 valence electrons. The second kappa shape index (κ2) is 10.1. The highest BCUT2D eigenvalue weighted by Gasteiger charge is 2.23. The Morgan fingerprint density at radius 3 is 2.36 bits per heavy atom. The van der Waals surface area contributed by atoms with E-state index in [1.54, 1.807) is 0 Å². The third kappa shape index (κ3) is 5.76. The Hall–Kier alpha value is -2.04. The molecule has 0 fully saturated rings. The Kier molecular flexibility index (Phi) is 8.46. The van der Waals surface area contributed by atoms with Crippen LogP contribution in [0, 0.1) is 5.92 Å². The number of nitrogens with two attached hydrogens (primary N) is 1. The zero-order valence-corrected chi connectivity index (χ0v) is 15.8. The van der Waals surface area contributed by atoms with Gasteiger partial charge in [0.05, 0.1) is 18.6 Å². The first-order valence-electron chi connectivity index (χ1n) is 8.36. The molecule has 3 atom stereocenters. The van der Waals surface area contributed by atoms with E-state index in [1.807, 2.05) is 75.4 Å². The Labute approximate surface area is 156 Å². The third-order valence-electron chi connectivity index (χ3n) is 4.16. The van der Waals surface area contributed by atoms with E-state index in [1.165, 1.54) is 0 Å². The fourth-order valence-corrected chi connectivity index (χ4v) is 2.60. The average Bonchev–Trinajstić information content (AvgIpc) is 2.61. The van der Waals surface area contributed by atoms with Crippen LogP contribution in [0.2, 0.25) is 0 Å². The van der Waals surface area contributed by atoms with Gasteiger partial charge in [-0.05, 0) is 37.1 Å². The SMILES string of the molecule is CCOc1cccc(C(C)NC(=O)C(C)C(N)c2ccccc2)c1.Cl. The number of hydrogen-bond donors (Lipinski definition) is 2. The number of ether oxygens (including phenoxy) is 1. The second-order valence-electron chi connectivity index (χ2n) is 5.96. The molecule has 0 bridgehead atoms. The third-order valence-corrected chi connectivity index (χ3v) is 4.16. The Morgan fingerprint density at radius 1 is 1.08 bits per heavy atom. The molecular weight excluding hydrogens is 336 g/mol. The Bertz CT molecular complexity index is 664. The predicted octanol–water partition coefficient (Wildman–Crippen LogP) is 4.02. The van der Waals surface area contributed by atoms with Gasteiger partial charge in [0.2, 0.25) is 5.91 Å². The van der Waals surface area contributed by atoms with Crippen LogP contribution < -0.4 is 15.8 Å². The lowest BCUT2D eigenvalue weighted by atomic mass is 9.94. The molecule has 4 nitrogen and oxygen atoms in total. The van der Waals surface area contributed by atoms with Gasteiger partial charge in [-0.1, -0.05) is 49.4 Å². The minimum Gasteiger partial charge on any atom is -0.494 e. The lowest BCUT2D eigenvalue weighted by Gasteiger charge is -2.23. The fourth-order valence-electron chi connectivity index (χ4n) is 2.60.